The summed E-state index contributed by atoms with van der Waals surface area (Å²) in [5.74, 6) is -2.28. The number of ketones is 1. The summed E-state index contributed by atoms with van der Waals surface area (Å²) < 4.78 is 61.6. The zero-order chi connectivity index (χ0) is 65.7. The molecule has 0 aromatic rings. The van der Waals surface area contributed by atoms with E-state index >= 15 is 0 Å². The number of carbonyl (C=O) groups is 4. The SMILES string of the molecule is CCCCCC/C=C\CCCCCCO[C@H](CCCCCCCCCCC)CCO[C@@H]1[C@@H](NC=O)[C@H](OC[C@H]2O[C@H](OCC(=O)O)[C@H](NC(=O)CC(=O)CCCCCCCCCCC)[C@@H](OCCCCCCCCCCCC)[C@@H]2O)O[C@H](CO)[C@H]1OP(=O)(O)O. The largest absolute Gasteiger partial charge is 0.480 e. The summed E-state index contributed by atoms with van der Waals surface area (Å²) in [4.78, 5) is 71.6. The van der Waals surface area contributed by atoms with Gasteiger partial charge in [0.1, 0.15) is 61.1 Å². The van der Waals surface area contributed by atoms with Crippen molar-refractivity contribution in [1.29, 1.82) is 0 Å². The standard InChI is InChI=1S/C69H129N2O18P/c1-5-9-13-17-21-25-27-28-32-35-39-43-48-82-57(46-42-38-34-30-24-20-16-12-8-4)47-50-84-67-62(70-55-73)68(87-58(52-72)65(67)89-90(79,80)81)85-53-59-64(78)66(83-49-44-40-36-31-26-22-18-14-10-6-2)63(69(88-59)86-54-61(76)77)71-60(75)51-56(74)45-41-37-33-29-23-19-15-11-7-3/h25,27,55,57-59,62-69,72,78H,5-24,26,28-54H2,1-4H3,(H,70,73)(H,71,75)(H,76,77)(H2,79,80,81)/b27-25-/t57-,58-,59-,62-,63-,64-,65-,66-,67-,68-,69+/m1/s1. The van der Waals surface area contributed by atoms with Crippen molar-refractivity contribution < 1.29 is 86.5 Å². The molecule has 0 radical (unpaired) electrons. The molecule has 0 aromatic heterocycles. The maximum absolute atomic E-state index is 13.7. The number of hydrogen-bond acceptors (Lipinski definition) is 15. The predicted molar refractivity (Wildman–Crippen MR) is 352 cm³/mol. The van der Waals surface area contributed by atoms with E-state index in [1.807, 2.05) is 0 Å². The van der Waals surface area contributed by atoms with Gasteiger partial charge in [0.05, 0.1) is 25.7 Å². The molecule has 7 N–H and O–H groups in total. The predicted octanol–water partition coefficient (Wildman–Crippen LogP) is 13.7. The molecule has 2 amide bonds. The number of Topliss-reactive ketones (excluding diaryl/α,β-unsaturated/α-hetero) is 1. The average molecular weight is 1310 g/mol. The number of amides is 2. The molecule has 0 bridgehead atoms. The Morgan fingerprint density at radius 2 is 1.00 bits per heavy atom. The van der Waals surface area contributed by atoms with Gasteiger partial charge in [-0.2, -0.15) is 0 Å². The smallest absolute Gasteiger partial charge is 0.470 e. The Morgan fingerprint density at radius 1 is 0.533 bits per heavy atom. The van der Waals surface area contributed by atoms with Crippen LogP contribution >= 0.6 is 7.82 Å². The molecule has 11 atom stereocenters. The second-order valence-corrected chi connectivity index (χ2v) is 26.5. The molecular formula is C69H129N2O18P. The van der Waals surface area contributed by atoms with Crippen LogP contribution in [0.3, 0.4) is 0 Å². The first-order valence-corrected chi connectivity index (χ1v) is 37.6. The summed E-state index contributed by atoms with van der Waals surface area (Å²) in [7, 11) is -5.27. The zero-order valence-electron chi connectivity index (χ0n) is 56.5. The van der Waals surface area contributed by atoms with Gasteiger partial charge in [0.25, 0.3) is 0 Å². The second-order valence-electron chi connectivity index (χ2n) is 25.3. The third kappa shape index (κ3) is 41.4. The molecule has 90 heavy (non-hydrogen) atoms. The van der Waals surface area contributed by atoms with Crippen LogP contribution in [0.1, 0.15) is 297 Å². The van der Waals surface area contributed by atoms with Crippen molar-refractivity contribution in [1.82, 2.24) is 10.6 Å². The van der Waals surface area contributed by atoms with Crippen LogP contribution in [0, 0.1) is 0 Å². The topological polar surface area (TPSA) is 284 Å². The number of nitrogens with one attached hydrogen (secondary N) is 2. The fourth-order valence-electron chi connectivity index (χ4n) is 12.0. The Bertz CT molecular complexity index is 1830. The van der Waals surface area contributed by atoms with Crippen LogP contribution in [-0.2, 0) is 61.4 Å². The van der Waals surface area contributed by atoms with Crippen molar-refractivity contribution in [2.45, 2.75) is 365 Å². The minimum absolute atomic E-state index is 0.00351. The van der Waals surface area contributed by atoms with Gasteiger partial charge in [-0.25, -0.2) is 9.36 Å². The molecule has 2 heterocycles. The highest BCUT2D eigenvalue weighted by Crippen LogP contribution is 2.42. The first kappa shape index (κ1) is 83.7. The number of carbonyl (C=O) groups excluding carboxylic acids is 3. The van der Waals surface area contributed by atoms with Gasteiger partial charge in [0.15, 0.2) is 12.6 Å². The number of hydrogen-bond donors (Lipinski definition) is 7. The number of aliphatic carboxylic acids is 1. The van der Waals surface area contributed by atoms with Gasteiger partial charge in [-0.15, -0.1) is 0 Å². The number of ether oxygens (including phenoxy) is 7. The van der Waals surface area contributed by atoms with Gasteiger partial charge in [0, 0.05) is 26.2 Å². The molecular weight excluding hydrogens is 1180 g/mol. The third-order valence-corrected chi connectivity index (χ3v) is 17.8. The van der Waals surface area contributed by atoms with E-state index in [-0.39, 0.29) is 31.5 Å². The molecule has 0 spiro atoms. The van der Waals surface area contributed by atoms with E-state index in [0.717, 1.165) is 116 Å². The lowest BCUT2D eigenvalue weighted by atomic mass is 9.95. The van der Waals surface area contributed by atoms with E-state index in [0.29, 0.717) is 32.3 Å². The molecule has 2 aliphatic heterocycles. The van der Waals surface area contributed by atoms with Crippen molar-refractivity contribution >= 4 is 31.9 Å². The highest BCUT2D eigenvalue weighted by molar-refractivity contribution is 7.46. The Hall–Kier alpha value is -2.43. The van der Waals surface area contributed by atoms with Crippen molar-refractivity contribution in [3.05, 3.63) is 12.2 Å². The fourth-order valence-corrected chi connectivity index (χ4v) is 12.6. The third-order valence-electron chi connectivity index (χ3n) is 17.3. The first-order valence-electron chi connectivity index (χ1n) is 36.0. The molecule has 21 heteroatoms. The number of carboxylic acids is 1. The molecule has 528 valence electrons. The number of allylic oxidation sites excluding steroid dienone is 2. The average Bonchev–Trinajstić information content (AvgIpc) is 1.16. The van der Waals surface area contributed by atoms with Crippen LogP contribution in [0.25, 0.3) is 0 Å². The minimum atomic E-state index is -5.27. The number of rotatable bonds is 63. The molecule has 2 aliphatic rings. The normalized spacial score (nSPS) is 22.5. The van der Waals surface area contributed by atoms with Gasteiger partial charge in [-0.3, -0.25) is 18.9 Å². The molecule has 2 fully saturated rings. The minimum Gasteiger partial charge on any atom is -0.480 e. The summed E-state index contributed by atoms with van der Waals surface area (Å²) in [5.41, 5.74) is 0. The maximum Gasteiger partial charge on any atom is 0.470 e. The van der Waals surface area contributed by atoms with Gasteiger partial charge in [0.2, 0.25) is 12.3 Å². The number of carboxylic acid groups (broad SMARTS) is 1. The highest BCUT2D eigenvalue weighted by atomic mass is 31.2. The number of phosphoric acid groups is 1. The lowest BCUT2D eigenvalue weighted by Crippen LogP contribution is -2.67. The number of unbranched alkanes of at least 4 members (excludes halogenated alkanes) is 33. The van der Waals surface area contributed by atoms with Crippen LogP contribution in [-0.4, -0.2) is 156 Å². The summed E-state index contributed by atoms with van der Waals surface area (Å²) in [6.07, 6.45) is 36.1. The van der Waals surface area contributed by atoms with Crippen molar-refractivity contribution in [2.24, 2.45) is 0 Å². The quantitative estimate of drug-likeness (QED) is 0.00979. The number of aliphatic hydroxyl groups excluding tert-OH is 2. The number of aliphatic hydroxyl groups is 2. The number of phosphoric ester groups is 1. The molecule has 0 aromatic carbocycles. The second kappa shape index (κ2) is 55.8. The Kier molecular flexibility index (Phi) is 51.9. The van der Waals surface area contributed by atoms with E-state index < -0.39 is 107 Å². The zero-order valence-corrected chi connectivity index (χ0v) is 57.4. The molecule has 0 saturated carbocycles. The van der Waals surface area contributed by atoms with Crippen molar-refractivity contribution in [2.75, 3.05) is 39.6 Å². The van der Waals surface area contributed by atoms with Crippen LogP contribution in [0.4, 0.5) is 0 Å². The molecule has 2 rings (SSSR count). The van der Waals surface area contributed by atoms with E-state index in [4.69, 9.17) is 37.7 Å². The summed E-state index contributed by atoms with van der Waals surface area (Å²) in [5, 5.41) is 38.0. The van der Waals surface area contributed by atoms with Crippen LogP contribution < -0.4 is 10.6 Å². The van der Waals surface area contributed by atoms with Crippen molar-refractivity contribution in [3.63, 3.8) is 0 Å². The van der Waals surface area contributed by atoms with E-state index in [1.54, 1.807) is 0 Å². The summed E-state index contributed by atoms with van der Waals surface area (Å²) >= 11 is 0. The maximum atomic E-state index is 13.7. The Labute approximate surface area is 543 Å². The summed E-state index contributed by atoms with van der Waals surface area (Å²) in [6.45, 7) is 7.32. The monoisotopic (exact) mass is 1300 g/mol. The lowest BCUT2D eigenvalue weighted by Gasteiger charge is -2.47. The Morgan fingerprint density at radius 3 is 1.52 bits per heavy atom. The van der Waals surface area contributed by atoms with Gasteiger partial charge < -0.3 is 68.9 Å². The van der Waals surface area contributed by atoms with Crippen molar-refractivity contribution in [3.8, 4) is 0 Å². The molecule has 0 unspecified atom stereocenters. The molecule has 20 nitrogen and oxygen atoms in total. The van der Waals surface area contributed by atoms with Crippen LogP contribution in [0.2, 0.25) is 0 Å². The summed E-state index contributed by atoms with van der Waals surface area (Å²) in [6, 6.07) is -2.60. The first-order chi connectivity index (χ1) is 43.7. The molecule has 2 saturated heterocycles. The van der Waals surface area contributed by atoms with E-state index in [2.05, 4.69) is 50.5 Å². The highest BCUT2D eigenvalue weighted by Gasteiger charge is 2.52. The van der Waals surface area contributed by atoms with Gasteiger partial charge in [-0.05, 0) is 57.8 Å². The fraction of sp³-hybridized carbons (Fsp3) is 0.913. The molecule has 0 aliphatic carbocycles. The lowest BCUT2D eigenvalue weighted by molar-refractivity contribution is -0.307. The Balaban J connectivity index is 2.32. The van der Waals surface area contributed by atoms with Crippen LogP contribution in [0.5, 0.6) is 0 Å². The van der Waals surface area contributed by atoms with Gasteiger partial charge >= 0.3 is 13.8 Å². The van der Waals surface area contributed by atoms with E-state index in [1.165, 1.54) is 122 Å². The van der Waals surface area contributed by atoms with E-state index in [9.17, 15) is 48.8 Å². The van der Waals surface area contributed by atoms with Gasteiger partial charge in [-0.1, -0.05) is 239 Å². The van der Waals surface area contributed by atoms with Crippen LogP contribution in [0.15, 0.2) is 12.2 Å².